The van der Waals surface area contributed by atoms with Crippen molar-refractivity contribution in [1.29, 1.82) is 5.59 Å². The molecule has 0 aliphatic carbocycles. The third kappa shape index (κ3) is 958. The fourth-order valence-corrected chi connectivity index (χ4v) is 0.215. The Balaban J connectivity index is -0.0000000209. The predicted molar refractivity (Wildman–Crippen MR) is 75.3 cm³/mol. The van der Waals surface area contributed by atoms with Crippen molar-refractivity contribution >= 4 is 21.8 Å². The fraction of sp³-hybridized carbons (Fsp3) is 0. The van der Waals surface area contributed by atoms with Gasteiger partial charge < -0.3 is 81.4 Å². The van der Waals surface area contributed by atoms with Crippen molar-refractivity contribution in [2.45, 2.75) is 0 Å². The van der Waals surface area contributed by atoms with Gasteiger partial charge in [0.25, 0.3) is 0 Å². The SMILES string of the molecule is F[B-](F)(F)F.F[B-](F)(F)F.F[B-](F)(F)F.N.N.N.N.N=O.[Ru+2].c1c[nH]cn1. The van der Waals surface area contributed by atoms with Gasteiger partial charge in [-0.25, -0.2) is 4.98 Å². The van der Waals surface area contributed by atoms with Crippen LogP contribution in [0.4, 0.5) is 51.8 Å². The van der Waals surface area contributed by atoms with E-state index in [1.807, 2.05) is 0 Å². The van der Waals surface area contributed by atoms with Crippen molar-refractivity contribution in [3.63, 3.8) is 0 Å². The van der Waals surface area contributed by atoms with Gasteiger partial charge >= 0.3 is 41.2 Å². The summed E-state index contributed by atoms with van der Waals surface area (Å²) in [5, 5.41) is 0. The molecule has 0 unspecified atom stereocenters. The van der Waals surface area contributed by atoms with Crippen molar-refractivity contribution < 1.29 is 71.3 Å². The molecule has 0 aromatic carbocycles. The minimum Gasteiger partial charge on any atom is -0.418 e. The molecular weight excluding hydrogens is 512 g/mol. The summed E-state index contributed by atoms with van der Waals surface area (Å²) in [6.45, 7) is 0. The maximum Gasteiger partial charge on any atom is 2.00 e. The summed E-state index contributed by atoms with van der Waals surface area (Å²) in [4.78, 5) is 13.9. The van der Waals surface area contributed by atoms with E-state index in [1.165, 1.54) is 0 Å². The van der Waals surface area contributed by atoms with Crippen LogP contribution in [-0.2, 0) is 19.5 Å². The van der Waals surface area contributed by atoms with E-state index in [4.69, 9.17) is 4.91 Å². The Labute approximate surface area is 157 Å². The van der Waals surface area contributed by atoms with E-state index in [-0.39, 0.29) is 44.1 Å². The maximum atomic E-state index is 9.75. The number of imidazole rings is 1. The molecule has 172 valence electrons. The number of hydrogen-bond donors (Lipinski definition) is 6. The van der Waals surface area contributed by atoms with Crippen LogP contribution in [0.2, 0.25) is 0 Å². The minimum absolute atomic E-state index is 0. The van der Waals surface area contributed by atoms with Gasteiger partial charge in [0.1, 0.15) is 0 Å². The molecule has 8 nitrogen and oxygen atoms in total. The number of nitrogens with zero attached hydrogens (tertiary/aromatic N) is 1. The van der Waals surface area contributed by atoms with Gasteiger partial charge in [0.2, 0.25) is 0 Å². The molecule has 1 heterocycles. The van der Waals surface area contributed by atoms with Crippen LogP contribution < -0.4 is 24.6 Å². The quantitative estimate of drug-likeness (QED) is 0.149. The summed E-state index contributed by atoms with van der Waals surface area (Å²) < 4.78 is 117. The van der Waals surface area contributed by atoms with E-state index in [1.54, 1.807) is 18.7 Å². The van der Waals surface area contributed by atoms with Crippen LogP contribution in [0.15, 0.2) is 18.7 Å². The average molecular weight is 529 g/mol. The number of aromatic nitrogens is 2. The molecule has 1 aromatic rings. The molecule has 1 rings (SSSR count). The van der Waals surface area contributed by atoms with Crippen molar-refractivity contribution in [2.24, 2.45) is 0 Å². The van der Waals surface area contributed by atoms with E-state index in [9.17, 15) is 51.8 Å². The first-order chi connectivity index (χ1) is 9.50. The van der Waals surface area contributed by atoms with Crippen LogP contribution in [0.5, 0.6) is 0 Å². The maximum absolute atomic E-state index is 9.75. The number of aromatic amines is 1. The van der Waals surface area contributed by atoms with Gasteiger partial charge in [-0.3, -0.25) is 0 Å². The number of hydrogen-bond acceptors (Lipinski definition) is 7. The van der Waals surface area contributed by atoms with Gasteiger partial charge in [0, 0.05) is 12.4 Å². The van der Waals surface area contributed by atoms with Crippen molar-refractivity contribution in [2.75, 3.05) is 0 Å². The van der Waals surface area contributed by atoms with Crippen LogP contribution in [0.3, 0.4) is 0 Å². The zero-order valence-corrected chi connectivity index (χ0v) is 14.8. The van der Waals surface area contributed by atoms with E-state index in [0.29, 0.717) is 0 Å². The Kier molecular flexibility index (Phi) is 61.2. The van der Waals surface area contributed by atoms with Crippen LogP contribution >= 0.6 is 0 Å². The Bertz CT molecular complexity index is 262. The zero-order chi connectivity index (χ0) is 19.0. The number of H-pyrrole nitrogens is 1. The van der Waals surface area contributed by atoms with Gasteiger partial charge in [-0.1, -0.05) is 5.59 Å². The monoisotopic (exact) mass is 530 g/mol. The average Bonchev–Trinajstić information content (AvgIpc) is 2.68. The number of nitroso groups, excluding NO2 is 1. The van der Waals surface area contributed by atoms with Crippen LogP contribution in [0.25, 0.3) is 0 Å². The molecule has 0 bridgehead atoms. The molecule has 1 aromatic heterocycles. The molecule has 0 atom stereocenters. The summed E-state index contributed by atoms with van der Waals surface area (Å²) in [5.74, 6) is 0. The van der Waals surface area contributed by atoms with Gasteiger partial charge in [-0.2, -0.15) is 4.91 Å². The number of halogens is 12. The standard InChI is InChI=1S/C3H4N2.3BF4.HNO.4H3N.Ru/c1-2-5-3-4-1;3*2-1(3,4)5;1-2;;;;;/h1-3H,(H,4,5);;;;1H;4*1H3;/q;3*-1;;;;;;+2. The zero-order valence-electron chi connectivity index (χ0n) is 13.0. The molecule has 0 saturated heterocycles. The molecule has 0 spiro atoms. The second-order valence-corrected chi connectivity index (χ2v) is 2.25. The molecule has 0 amide bonds. The van der Waals surface area contributed by atoms with E-state index >= 15 is 0 Å². The molecule has 0 aliphatic heterocycles. The van der Waals surface area contributed by atoms with Crippen molar-refractivity contribution in [3.8, 4) is 0 Å². The second kappa shape index (κ2) is 29.4. The van der Waals surface area contributed by atoms with Gasteiger partial charge in [0.05, 0.1) is 6.33 Å². The Hall–Kier alpha value is -1.37. The smallest absolute Gasteiger partial charge is 0.418 e. The molecule has 27 heavy (non-hydrogen) atoms. The van der Waals surface area contributed by atoms with Crippen LogP contribution in [-0.4, -0.2) is 31.7 Å². The first kappa shape index (κ1) is 56.2. The summed E-state index contributed by atoms with van der Waals surface area (Å²) in [7, 11) is -18.0. The molecule has 0 saturated carbocycles. The third-order valence-electron chi connectivity index (χ3n) is 0.406. The first-order valence-electron chi connectivity index (χ1n) is 4.25. The van der Waals surface area contributed by atoms with E-state index in [2.05, 4.69) is 15.6 Å². The van der Waals surface area contributed by atoms with E-state index in [0.717, 1.165) is 0 Å². The molecule has 0 fully saturated rings. The van der Waals surface area contributed by atoms with Gasteiger partial charge in [-0.15, -0.1) is 0 Å². The minimum atomic E-state index is -6.00. The largest absolute Gasteiger partial charge is 2.00 e. The number of rotatable bonds is 0. The van der Waals surface area contributed by atoms with Crippen molar-refractivity contribution in [1.82, 2.24) is 34.6 Å². The molecule has 0 aliphatic rings. The topological polar surface area (TPSA) is 210 Å². The van der Waals surface area contributed by atoms with Crippen molar-refractivity contribution in [3.05, 3.63) is 23.6 Å². The Morgan fingerprint density at radius 3 is 0.852 bits per heavy atom. The first-order valence-corrected chi connectivity index (χ1v) is 4.25. The summed E-state index contributed by atoms with van der Waals surface area (Å²) in [6.07, 6.45) is 5.08. The van der Waals surface area contributed by atoms with Crippen LogP contribution in [0, 0.1) is 10.5 Å². The van der Waals surface area contributed by atoms with Gasteiger partial charge in [0.15, 0.2) is 0 Å². The summed E-state index contributed by atoms with van der Waals surface area (Å²) in [5.41, 5.74) is 4.50. The summed E-state index contributed by atoms with van der Waals surface area (Å²) in [6, 6.07) is 0. The van der Waals surface area contributed by atoms with Crippen LogP contribution in [0.1, 0.15) is 0 Å². The fourth-order valence-electron chi connectivity index (χ4n) is 0.215. The predicted octanol–water partition coefficient (Wildman–Crippen LogP) is 5.29. The molecule has 0 radical (unpaired) electrons. The molecule has 24 heteroatoms. The molecular formula is C3H17B3F12N7ORu-. The normalized spacial score (nSPS) is 8.30. The third-order valence-corrected chi connectivity index (χ3v) is 0.406. The Morgan fingerprint density at radius 1 is 0.630 bits per heavy atom. The van der Waals surface area contributed by atoms with Gasteiger partial charge in [-0.05, 0) is 0 Å². The second-order valence-electron chi connectivity index (χ2n) is 2.25. The van der Waals surface area contributed by atoms with E-state index < -0.39 is 21.8 Å². The number of nitrogens with one attached hydrogen (secondary N) is 2. The Morgan fingerprint density at radius 2 is 0.815 bits per heavy atom. The molecule has 14 N–H and O–H groups in total. The summed E-state index contributed by atoms with van der Waals surface area (Å²) >= 11 is 0.